The van der Waals surface area contributed by atoms with Gasteiger partial charge < -0.3 is 9.47 Å². The Labute approximate surface area is 202 Å². The summed E-state index contributed by atoms with van der Waals surface area (Å²) in [5.74, 6) is 1.35. The van der Waals surface area contributed by atoms with E-state index < -0.39 is 0 Å². The first-order valence-corrected chi connectivity index (χ1v) is 12.9. The van der Waals surface area contributed by atoms with Gasteiger partial charge in [-0.25, -0.2) is 0 Å². The molecule has 176 valence electrons. The van der Waals surface area contributed by atoms with Gasteiger partial charge in [0, 0.05) is 24.6 Å². The fourth-order valence-electron chi connectivity index (χ4n) is 2.72. The molecule has 4 nitrogen and oxygen atoms in total. The van der Waals surface area contributed by atoms with Crippen LogP contribution in [0.15, 0.2) is 51.0 Å². The molecule has 0 bridgehead atoms. The molecule has 0 saturated heterocycles. The van der Waals surface area contributed by atoms with Crippen molar-refractivity contribution in [3.63, 3.8) is 0 Å². The molecular weight excluding hydrogens is 438 g/mol. The number of Topliss-reactive ketones (excluding diaryl/α,β-unsaturated/α-hetero) is 1. The van der Waals surface area contributed by atoms with Crippen molar-refractivity contribution in [2.24, 2.45) is 4.99 Å². The lowest BCUT2D eigenvalue weighted by Crippen LogP contribution is -2.07. The van der Waals surface area contributed by atoms with Gasteiger partial charge in [0.1, 0.15) is 11.5 Å². The molecule has 0 saturated carbocycles. The second-order valence-corrected chi connectivity index (χ2v) is 9.47. The Balaban J connectivity index is 0.000000388. The van der Waals surface area contributed by atoms with Crippen molar-refractivity contribution in [3.05, 3.63) is 57.1 Å². The molecular formula is C26H37NO3S2. The zero-order valence-electron chi connectivity index (χ0n) is 20.4. The third-order valence-electron chi connectivity index (χ3n) is 4.10. The quantitative estimate of drug-likeness (QED) is 0.383. The third kappa shape index (κ3) is 11.5. The van der Waals surface area contributed by atoms with Gasteiger partial charge in [-0.15, -0.1) is 0 Å². The summed E-state index contributed by atoms with van der Waals surface area (Å²) in [6.45, 7) is 15.2. The molecule has 0 amide bonds. The summed E-state index contributed by atoms with van der Waals surface area (Å²) < 4.78 is 11.4. The number of allylic oxidation sites excluding steroid dienone is 1. The minimum atomic E-state index is 0.00638. The minimum absolute atomic E-state index is 0.00638. The summed E-state index contributed by atoms with van der Waals surface area (Å²) >= 11 is 3.45. The van der Waals surface area contributed by atoms with Crippen LogP contribution in [0.4, 0.5) is 0 Å². The van der Waals surface area contributed by atoms with Crippen LogP contribution in [-0.2, 0) is 6.42 Å². The third-order valence-corrected chi connectivity index (χ3v) is 5.75. The second kappa shape index (κ2) is 15.7. The molecule has 32 heavy (non-hydrogen) atoms. The smallest absolute Gasteiger partial charge is 0.160 e. The molecule has 1 aromatic heterocycles. The fourth-order valence-corrected chi connectivity index (χ4v) is 4.24. The fraction of sp³-hybridized carbons (Fsp3) is 0.462. The molecule has 0 fully saturated rings. The number of rotatable bonds is 7. The number of thiophene rings is 1. The van der Waals surface area contributed by atoms with Crippen LogP contribution in [0.25, 0.3) is 0 Å². The van der Waals surface area contributed by atoms with Crippen molar-refractivity contribution in [2.45, 2.75) is 67.4 Å². The monoisotopic (exact) mass is 475 g/mol. The summed E-state index contributed by atoms with van der Waals surface area (Å²) in [6.07, 6.45) is 4.26. The van der Waals surface area contributed by atoms with Crippen molar-refractivity contribution in [3.8, 4) is 11.5 Å². The van der Waals surface area contributed by atoms with Gasteiger partial charge >= 0.3 is 0 Å². The number of aliphatic imine (C=N–C) groups is 1. The van der Waals surface area contributed by atoms with E-state index in [1.807, 2.05) is 33.8 Å². The molecule has 1 aliphatic rings. The number of hydrogen-bond acceptors (Lipinski definition) is 6. The average Bonchev–Trinajstić information content (AvgIpc) is 3.18. The van der Waals surface area contributed by atoms with Crippen LogP contribution in [0.2, 0.25) is 0 Å². The Bertz CT molecular complexity index is 853. The highest BCUT2D eigenvalue weighted by atomic mass is 32.2. The summed E-state index contributed by atoms with van der Waals surface area (Å²) in [5.41, 5.74) is 1.88. The number of hydrogen-bond donors (Lipinski definition) is 0. The van der Waals surface area contributed by atoms with E-state index in [0.29, 0.717) is 23.7 Å². The van der Waals surface area contributed by atoms with E-state index in [-0.39, 0.29) is 11.9 Å². The Hall–Kier alpha value is -2.05. The van der Waals surface area contributed by atoms with Crippen molar-refractivity contribution >= 4 is 33.9 Å². The van der Waals surface area contributed by atoms with Gasteiger partial charge in [-0.1, -0.05) is 31.7 Å². The van der Waals surface area contributed by atoms with Gasteiger partial charge in [0.25, 0.3) is 0 Å². The first kappa shape index (κ1) is 28.0. The number of carbonyl (C=O) groups excluding carboxylic acids is 1. The first-order chi connectivity index (χ1) is 15.3. The van der Waals surface area contributed by atoms with Crippen LogP contribution in [-0.4, -0.2) is 30.1 Å². The highest BCUT2D eigenvalue weighted by Gasteiger charge is 2.08. The van der Waals surface area contributed by atoms with Gasteiger partial charge in [-0.05, 0) is 80.5 Å². The molecule has 6 heteroatoms. The zero-order chi connectivity index (χ0) is 23.9. The van der Waals surface area contributed by atoms with Crippen molar-refractivity contribution in [1.29, 1.82) is 0 Å². The lowest BCUT2D eigenvalue weighted by molar-refractivity contribution is 0.101. The molecule has 0 aliphatic carbocycles. The van der Waals surface area contributed by atoms with E-state index in [1.165, 1.54) is 15.5 Å². The van der Waals surface area contributed by atoms with Gasteiger partial charge in [0.2, 0.25) is 0 Å². The van der Waals surface area contributed by atoms with E-state index in [2.05, 4.69) is 41.7 Å². The maximum absolute atomic E-state index is 11.6. The molecule has 1 aromatic carbocycles. The van der Waals surface area contributed by atoms with Crippen LogP contribution in [0.1, 0.15) is 70.8 Å². The maximum Gasteiger partial charge on any atom is 0.160 e. The lowest BCUT2D eigenvalue weighted by Gasteiger charge is -2.13. The van der Waals surface area contributed by atoms with E-state index in [0.717, 1.165) is 19.4 Å². The standard InChI is InChI=1S/C17H20O3S.C7H11NS.C2H6/c1-12(2)20-17-9-15(13(3)18)8-16(10-17)19-6-4-14-5-7-21-11-14;1-6-4-3-5-8-7(2)9-6;1-2/h5,7-12H,4,6H2,1-3H3;4H,3,5H2,1-2H3;1-2H3. The first-order valence-electron chi connectivity index (χ1n) is 11.2. The summed E-state index contributed by atoms with van der Waals surface area (Å²) in [5, 5.41) is 5.37. The van der Waals surface area contributed by atoms with Gasteiger partial charge in [-0.2, -0.15) is 11.3 Å². The molecule has 0 N–H and O–H groups in total. The lowest BCUT2D eigenvalue weighted by atomic mass is 10.1. The number of ketones is 1. The summed E-state index contributed by atoms with van der Waals surface area (Å²) in [4.78, 5) is 17.3. The van der Waals surface area contributed by atoms with Crippen LogP contribution in [0, 0.1) is 0 Å². The molecule has 3 rings (SSSR count). The Morgan fingerprint density at radius 2 is 1.88 bits per heavy atom. The Morgan fingerprint density at radius 1 is 1.16 bits per heavy atom. The van der Waals surface area contributed by atoms with E-state index in [4.69, 9.17) is 9.47 Å². The van der Waals surface area contributed by atoms with E-state index in [9.17, 15) is 4.79 Å². The second-order valence-electron chi connectivity index (χ2n) is 7.25. The van der Waals surface area contributed by atoms with Gasteiger partial charge in [0.05, 0.1) is 17.8 Å². The topological polar surface area (TPSA) is 47.9 Å². The Morgan fingerprint density at radius 3 is 2.50 bits per heavy atom. The highest BCUT2D eigenvalue weighted by Crippen LogP contribution is 2.24. The number of benzene rings is 1. The van der Waals surface area contributed by atoms with Gasteiger partial charge in [0.15, 0.2) is 5.78 Å². The number of ether oxygens (including phenoxy) is 2. The van der Waals surface area contributed by atoms with Crippen LogP contribution in [0.3, 0.4) is 0 Å². The highest BCUT2D eigenvalue weighted by molar-refractivity contribution is 8.17. The molecule has 1 aliphatic heterocycles. The predicted molar refractivity (Wildman–Crippen MR) is 141 cm³/mol. The Kier molecular flexibility index (Phi) is 13.7. The molecule has 0 atom stereocenters. The van der Waals surface area contributed by atoms with Crippen molar-refractivity contribution < 1.29 is 14.3 Å². The molecule has 0 unspecified atom stereocenters. The zero-order valence-corrected chi connectivity index (χ0v) is 22.1. The summed E-state index contributed by atoms with van der Waals surface area (Å²) in [7, 11) is 0. The SMILES string of the molecule is CC.CC(=O)c1cc(OCCc2ccsc2)cc(OC(C)C)c1.CC1=CCCN=C(C)S1. The van der Waals surface area contributed by atoms with Gasteiger partial charge in [-0.3, -0.25) is 9.79 Å². The number of nitrogens with zero attached hydrogens (tertiary/aromatic N) is 1. The van der Waals surface area contributed by atoms with E-state index in [1.54, 1.807) is 42.2 Å². The van der Waals surface area contributed by atoms with Crippen molar-refractivity contribution in [1.82, 2.24) is 0 Å². The molecule has 0 spiro atoms. The van der Waals surface area contributed by atoms with E-state index >= 15 is 0 Å². The van der Waals surface area contributed by atoms with Crippen LogP contribution < -0.4 is 9.47 Å². The maximum atomic E-state index is 11.6. The van der Waals surface area contributed by atoms with Crippen molar-refractivity contribution in [2.75, 3.05) is 13.2 Å². The average molecular weight is 476 g/mol. The number of carbonyl (C=O) groups is 1. The van der Waals surface area contributed by atoms with Crippen LogP contribution in [0.5, 0.6) is 11.5 Å². The normalized spacial score (nSPS) is 12.9. The molecule has 0 radical (unpaired) electrons. The van der Waals surface area contributed by atoms with Crippen LogP contribution >= 0.6 is 23.1 Å². The molecule has 2 aromatic rings. The predicted octanol–water partition coefficient (Wildman–Crippen LogP) is 7.83. The minimum Gasteiger partial charge on any atom is -0.493 e. The largest absolute Gasteiger partial charge is 0.493 e. The number of thioether (sulfide) groups is 1. The molecule has 2 heterocycles. The summed E-state index contributed by atoms with van der Waals surface area (Å²) in [6, 6.07) is 7.45.